The average molecular weight is 568 g/mol. The molecule has 216 valence electrons. The van der Waals surface area contributed by atoms with Gasteiger partial charge in [-0.15, -0.1) is 11.3 Å². The fourth-order valence-corrected chi connectivity index (χ4v) is 6.12. The number of thiazole rings is 1. The summed E-state index contributed by atoms with van der Waals surface area (Å²) in [7, 11) is 0. The Hall–Kier alpha value is -3.44. The van der Waals surface area contributed by atoms with Crippen molar-refractivity contribution in [3.8, 4) is 10.4 Å². The largest absolute Gasteiger partial charge is 0.401 e. The highest BCUT2D eigenvalue weighted by molar-refractivity contribution is 7.13. The number of carbonyl (C=O) groups is 3. The van der Waals surface area contributed by atoms with Gasteiger partial charge in [-0.1, -0.05) is 45.0 Å². The molecular weight excluding hydrogens is 526 g/mol. The molecule has 3 unspecified atom stereocenters. The number of hydrogen-bond acceptors (Lipinski definition) is 8. The molecular formula is C29H41N7O3S. The number of rotatable bonds is 11. The molecule has 10 nitrogen and oxygen atoms in total. The highest BCUT2D eigenvalue weighted by Crippen LogP contribution is 2.35. The van der Waals surface area contributed by atoms with Crippen molar-refractivity contribution in [3.63, 3.8) is 0 Å². The van der Waals surface area contributed by atoms with Crippen LogP contribution in [0.25, 0.3) is 10.4 Å². The molecule has 1 aromatic carbocycles. The van der Waals surface area contributed by atoms with Crippen LogP contribution in [-0.4, -0.2) is 58.3 Å². The summed E-state index contributed by atoms with van der Waals surface area (Å²) in [5.41, 5.74) is 11.1. The first-order valence-corrected chi connectivity index (χ1v) is 14.7. The lowest BCUT2D eigenvalue weighted by atomic mass is 9.85. The van der Waals surface area contributed by atoms with E-state index in [1.54, 1.807) is 22.4 Å². The molecule has 1 aromatic heterocycles. The van der Waals surface area contributed by atoms with Gasteiger partial charge in [0.05, 0.1) is 22.1 Å². The van der Waals surface area contributed by atoms with Crippen LogP contribution in [0, 0.1) is 18.3 Å². The van der Waals surface area contributed by atoms with Crippen molar-refractivity contribution in [1.82, 2.24) is 25.5 Å². The van der Waals surface area contributed by atoms with Crippen molar-refractivity contribution in [2.24, 2.45) is 22.9 Å². The van der Waals surface area contributed by atoms with Gasteiger partial charge in [-0.05, 0) is 49.1 Å². The number of aromatic nitrogens is 1. The summed E-state index contributed by atoms with van der Waals surface area (Å²) in [6.45, 7) is 8.54. The Balaban J connectivity index is 1.51. The van der Waals surface area contributed by atoms with Gasteiger partial charge in [0.2, 0.25) is 18.2 Å². The first-order valence-electron chi connectivity index (χ1n) is 13.8. The van der Waals surface area contributed by atoms with E-state index in [2.05, 4.69) is 15.6 Å². The third-order valence-corrected chi connectivity index (χ3v) is 8.56. The van der Waals surface area contributed by atoms with Crippen molar-refractivity contribution >= 4 is 29.6 Å². The molecule has 11 heteroatoms. The average Bonchev–Trinajstić information content (AvgIpc) is 3.48. The molecule has 2 heterocycles. The molecule has 4 rings (SSSR count). The molecule has 1 aliphatic carbocycles. The minimum atomic E-state index is -0.687. The zero-order valence-electron chi connectivity index (χ0n) is 23.7. The Kier molecular flexibility index (Phi) is 9.15. The summed E-state index contributed by atoms with van der Waals surface area (Å²) >= 11 is 1.57. The molecule has 2 fully saturated rings. The van der Waals surface area contributed by atoms with Crippen LogP contribution in [-0.2, 0) is 14.4 Å². The standard InChI is InChI=1S/C29H41N7O3S/c1-18-25(40-17-33-18)21-11-9-20(10-12-21)23(14-32-16-37)34-27(38)24-6-5-13-35(24)28(39)26(29(2,3)4)36(31)15-22(30)19-7-8-19/h9-12,15-17,19,23-24,26H,5-8,13-14,30-31H2,1-4H3,(H,32,37)(H,34,38)/b22-15-. The molecule has 40 heavy (non-hydrogen) atoms. The molecule has 0 radical (unpaired) electrons. The number of amides is 3. The van der Waals surface area contributed by atoms with Crippen LogP contribution in [0.15, 0.2) is 41.7 Å². The van der Waals surface area contributed by atoms with Gasteiger partial charge in [-0.2, -0.15) is 0 Å². The molecule has 3 atom stereocenters. The number of nitrogens with zero attached hydrogens (tertiary/aromatic N) is 3. The van der Waals surface area contributed by atoms with E-state index in [1.807, 2.05) is 57.5 Å². The SMILES string of the molecule is Cc1ncsc1-c1ccc(C(CNC=O)NC(=O)C2CCCN2C(=O)C(N(N)/C=C(\N)C2CC2)C(C)(C)C)cc1. The van der Waals surface area contributed by atoms with Gasteiger partial charge in [-0.25, -0.2) is 10.8 Å². The van der Waals surface area contributed by atoms with Crippen LogP contribution in [0.1, 0.15) is 63.8 Å². The van der Waals surface area contributed by atoms with E-state index in [4.69, 9.17) is 11.6 Å². The minimum Gasteiger partial charge on any atom is -0.401 e. The number of allylic oxidation sites excluding steroid dienone is 1. The number of aryl methyl sites for hydroxylation is 1. The first-order chi connectivity index (χ1) is 19.0. The number of carbonyl (C=O) groups excluding carboxylic acids is 3. The van der Waals surface area contributed by atoms with E-state index in [9.17, 15) is 14.4 Å². The van der Waals surface area contributed by atoms with Crippen LogP contribution in [0.3, 0.4) is 0 Å². The summed E-state index contributed by atoms with van der Waals surface area (Å²) < 4.78 is 0. The van der Waals surface area contributed by atoms with Crippen LogP contribution in [0.5, 0.6) is 0 Å². The Bertz CT molecular complexity index is 1230. The van der Waals surface area contributed by atoms with Crippen molar-refractivity contribution in [2.75, 3.05) is 13.1 Å². The van der Waals surface area contributed by atoms with Gasteiger partial charge in [0.1, 0.15) is 12.1 Å². The third-order valence-electron chi connectivity index (χ3n) is 7.58. The minimum absolute atomic E-state index is 0.195. The summed E-state index contributed by atoms with van der Waals surface area (Å²) in [4.78, 5) is 45.7. The second kappa shape index (κ2) is 12.4. The maximum atomic E-state index is 13.9. The smallest absolute Gasteiger partial charge is 0.248 e. The lowest BCUT2D eigenvalue weighted by Gasteiger charge is -2.39. The number of likely N-dealkylation sites (tertiary alicyclic amines) is 1. The van der Waals surface area contributed by atoms with Crippen LogP contribution >= 0.6 is 11.3 Å². The molecule has 1 saturated carbocycles. The quantitative estimate of drug-likeness (QED) is 0.185. The van der Waals surface area contributed by atoms with Gasteiger partial charge in [-0.3, -0.25) is 14.4 Å². The van der Waals surface area contributed by atoms with E-state index >= 15 is 0 Å². The van der Waals surface area contributed by atoms with Crippen LogP contribution < -0.4 is 22.2 Å². The van der Waals surface area contributed by atoms with E-state index in [0.717, 1.165) is 34.5 Å². The monoisotopic (exact) mass is 567 g/mol. The first kappa shape index (κ1) is 29.5. The van der Waals surface area contributed by atoms with Crippen molar-refractivity contribution in [1.29, 1.82) is 0 Å². The summed E-state index contributed by atoms with van der Waals surface area (Å²) in [5, 5.41) is 7.19. The number of hydrazine groups is 1. The molecule has 3 amide bonds. The summed E-state index contributed by atoms with van der Waals surface area (Å²) in [5.74, 6) is 6.29. The molecule has 6 N–H and O–H groups in total. The lowest BCUT2D eigenvalue weighted by molar-refractivity contribution is -0.145. The second-order valence-corrected chi connectivity index (χ2v) is 12.6. The second-order valence-electron chi connectivity index (χ2n) is 11.8. The fourth-order valence-electron chi connectivity index (χ4n) is 5.31. The maximum Gasteiger partial charge on any atom is 0.248 e. The van der Waals surface area contributed by atoms with Crippen LogP contribution in [0.2, 0.25) is 0 Å². The maximum absolute atomic E-state index is 13.9. The van der Waals surface area contributed by atoms with Crippen molar-refractivity contribution < 1.29 is 14.4 Å². The zero-order chi connectivity index (χ0) is 29.0. The Morgan fingerprint density at radius 1 is 1.23 bits per heavy atom. The van der Waals surface area contributed by atoms with Crippen molar-refractivity contribution in [3.05, 3.63) is 52.9 Å². The highest BCUT2D eigenvalue weighted by Gasteiger charge is 2.43. The third kappa shape index (κ3) is 6.82. The predicted octanol–water partition coefficient (Wildman–Crippen LogP) is 2.81. The van der Waals surface area contributed by atoms with E-state index < -0.39 is 23.5 Å². The molecule has 1 saturated heterocycles. The Morgan fingerprint density at radius 2 is 1.93 bits per heavy atom. The zero-order valence-corrected chi connectivity index (χ0v) is 24.5. The molecule has 0 bridgehead atoms. The fraction of sp³-hybridized carbons (Fsp3) is 0.517. The molecule has 2 aromatic rings. The molecule has 1 aliphatic heterocycles. The number of nitrogens with two attached hydrogens (primary N) is 2. The predicted molar refractivity (Wildman–Crippen MR) is 156 cm³/mol. The summed E-state index contributed by atoms with van der Waals surface area (Å²) in [6, 6.07) is 6.10. The summed E-state index contributed by atoms with van der Waals surface area (Å²) in [6.07, 6.45) is 5.63. The Labute approximate surface area is 240 Å². The van der Waals surface area contributed by atoms with E-state index in [0.29, 0.717) is 37.4 Å². The van der Waals surface area contributed by atoms with Crippen molar-refractivity contribution in [2.45, 2.75) is 71.5 Å². The number of hydrogen-bond donors (Lipinski definition) is 4. The normalized spacial score (nSPS) is 19.2. The van der Waals surface area contributed by atoms with Gasteiger partial charge in [0, 0.05) is 30.9 Å². The van der Waals surface area contributed by atoms with Crippen LogP contribution in [0.4, 0.5) is 0 Å². The Morgan fingerprint density at radius 3 is 2.50 bits per heavy atom. The van der Waals surface area contributed by atoms with Gasteiger partial charge < -0.3 is 26.3 Å². The molecule has 2 aliphatic rings. The highest BCUT2D eigenvalue weighted by atomic mass is 32.1. The lowest BCUT2D eigenvalue weighted by Crippen LogP contribution is -2.58. The molecule has 0 spiro atoms. The van der Waals surface area contributed by atoms with Gasteiger partial charge >= 0.3 is 0 Å². The number of nitrogens with one attached hydrogen (secondary N) is 2. The number of benzene rings is 1. The van der Waals surface area contributed by atoms with E-state index in [-0.39, 0.29) is 18.4 Å². The van der Waals surface area contributed by atoms with E-state index in [1.165, 1.54) is 5.01 Å². The topological polar surface area (TPSA) is 147 Å². The van der Waals surface area contributed by atoms with Gasteiger partial charge in [0.15, 0.2) is 0 Å². The van der Waals surface area contributed by atoms with Gasteiger partial charge in [0.25, 0.3) is 0 Å².